The lowest BCUT2D eigenvalue weighted by Gasteiger charge is -2.26. The molecule has 0 spiro atoms. The molecule has 0 radical (unpaired) electrons. The normalized spacial score (nSPS) is 11.7. The van der Waals surface area contributed by atoms with Crippen molar-refractivity contribution in [3.05, 3.63) is 176 Å². The molecule has 0 atom stereocenters. The molecule has 0 aliphatic carbocycles. The summed E-state index contributed by atoms with van der Waals surface area (Å²) in [5.41, 5.74) is 10.0. The van der Waals surface area contributed by atoms with Crippen molar-refractivity contribution in [2.45, 2.75) is 0 Å². The van der Waals surface area contributed by atoms with Gasteiger partial charge in [0, 0.05) is 48.0 Å². The van der Waals surface area contributed by atoms with Crippen molar-refractivity contribution in [1.82, 2.24) is 0 Å². The van der Waals surface area contributed by atoms with Crippen molar-refractivity contribution in [2.24, 2.45) is 0 Å². The second-order valence-electron chi connectivity index (χ2n) is 12.5. The number of rotatable bonds is 5. The Morgan fingerprint density at radius 2 is 1.12 bits per heavy atom. The first kappa shape index (κ1) is 27.9. The minimum atomic E-state index is 0.915. The molecule has 0 aliphatic rings. The Bertz CT molecular complexity index is 2830. The largest absolute Gasteiger partial charge is 0.456 e. The Kier molecular flexibility index (Phi) is 6.39. The predicted octanol–water partition coefficient (Wildman–Crippen LogP) is 13.9. The Morgan fingerprint density at radius 1 is 0.408 bits per heavy atom. The zero-order chi connectivity index (χ0) is 32.3. The fraction of sp³-hybridized carbons (Fsp3) is 0. The summed E-state index contributed by atoms with van der Waals surface area (Å²) < 4.78 is 8.87. The number of thiophene rings is 1. The lowest BCUT2D eigenvalue weighted by atomic mass is 10.0. The molecule has 10 rings (SSSR count). The van der Waals surface area contributed by atoms with E-state index in [1.165, 1.54) is 53.2 Å². The van der Waals surface area contributed by atoms with Crippen LogP contribution < -0.4 is 4.90 Å². The van der Waals surface area contributed by atoms with Crippen molar-refractivity contribution in [3.8, 4) is 22.3 Å². The molecule has 0 saturated carbocycles. The number of para-hydroxylation sites is 1. The standard InChI is InChI=1S/C46H29NOS/c1-2-10-30(11-3-1)32-12-8-13-35(28-32)47(36-25-26-37-33(29-36)22-27-43-45(37)41-15-4-6-18-42(41)48-43)34-23-20-31(21-24-34)38-16-9-17-40-39-14-5-7-19-44(39)49-46(38)40/h1-29H. The van der Waals surface area contributed by atoms with E-state index in [4.69, 9.17) is 4.42 Å². The Morgan fingerprint density at radius 3 is 2.02 bits per heavy atom. The van der Waals surface area contributed by atoms with E-state index in [1.54, 1.807) is 0 Å². The van der Waals surface area contributed by atoms with Crippen LogP contribution in [0.2, 0.25) is 0 Å². The third-order valence-electron chi connectivity index (χ3n) is 9.65. The van der Waals surface area contributed by atoms with Gasteiger partial charge in [0.2, 0.25) is 0 Å². The van der Waals surface area contributed by atoms with Gasteiger partial charge in [0.1, 0.15) is 11.2 Å². The molecule has 3 heteroatoms. The van der Waals surface area contributed by atoms with Gasteiger partial charge in [-0.2, -0.15) is 0 Å². The summed E-state index contributed by atoms with van der Waals surface area (Å²) in [6.07, 6.45) is 0. The molecule has 49 heavy (non-hydrogen) atoms. The Balaban J connectivity index is 1.13. The van der Waals surface area contributed by atoms with Crippen LogP contribution in [-0.2, 0) is 0 Å². The summed E-state index contributed by atoms with van der Waals surface area (Å²) in [5, 5.41) is 7.31. The third-order valence-corrected chi connectivity index (χ3v) is 10.9. The smallest absolute Gasteiger partial charge is 0.136 e. The highest BCUT2D eigenvalue weighted by molar-refractivity contribution is 7.26. The highest BCUT2D eigenvalue weighted by Gasteiger charge is 2.17. The maximum absolute atomic E-state index is 6.21. The minimum Gasteiger partial charge on any atom is -0.456 e. The van der Waals surface area contributed by atoms with Crippen LogP contribution in [0, 0.1) is 0 Å². The SMILES string of the molecule is c1ccc(-c2cccc(N(c3ccc(-c4cccc5c4sc4ccccc45)cc3)c3ccc4c(ccc5oc6ccccc6c54)c3)c2)cc1. The molecular weight excluding hydrogens is 615 g/mol. The zero-order valence-corrected chi connectivity index (χ0v) is 27.3. The number of anilines is 3. The van der Waals surface area contributed by atoms with Crippen LogP contribution in [0.1, 0.15) is 0 Å². The molecule has 10 aromatic rings. The highest BCUT2D eigenvalue weighted by atomic mass is 32.1. The van der Waals surface area contributed by atoms with E-state index in [2.05, 4.69) is 169 Å². The first-order valence-electron chi connectivity index (χ1n) is 16.6. The van der Waals surface area contributed by atoms with Crippen LogP contribution in [0.3, 0.4) is 0 Å². The summed E-state index contributed by atoms with van der Waals surface area (Å²) in [4.78, 5) is 2.37. The third kappa shape index (κ3) is 4.62. The second-order valence-corrected chi connectivity index (χ2v) is 13.6. The fourth-order valence-corrected chi connectivity index (χ4v) is 8.59. The molecule has 2 aromatic heterocycles. The van der Waals surface area contributed by atoms with Crippen LogP contribution >= 0.6 is 11.3 Å². The molecular formula is C46H29NOS. The lowest BCUT2D eigenvalue weighted by Crippen LogP contribution is -2.10. The zero-order valence-electron chi connectivity index (χ0n) is 26.5. The average Bonchev–Trinajstić information content (AvgIpc) is 3.75. The van der Waals surface area contributed by atoms with Gasteiger partial charge in [0.15, 0.2) is 0 Å². The monoisotopic (exact) mass is 643 g/mol. The van der Waals surface area contributed by atoms with Crippen molar-refractivity contribution in [1.29, 1.82) is 0 Å². The molecule has 8 aromatic carbocycles. The van der Waals surface area contributed by atoms with Gasteiger partial charge in [0.05, 0.1) is 0 Å². The molecule has 0 aliphatic heterocycles. The van der Waals surface area contributed by atoms with Crippen LogP contribution in [0.4, 0.5) is 17.1 Å². The summed E-state index contributed by atoms with van der Waals surface area (Å²) in [6.45, 7) is 0. The molecule has 0 N–H and O–H groups in total. The van der Waals surface area contributed by atoms with Crippen LogP contribution in [-0.4, -0.2) is 0 Å². The van der Waals surface area contributed by atoms with Gasteiger partial charge in [-0.25, -0.2) is 0 Å². The van der Waals surface area contributed by atoms with Crippen molar-refractivity contribution < 1.29 is 4.42 Å². The number of fused-ring (bicyclic) bond motifs is 8. The predicted molar refractivity (Wildman–Crippen MR) is 210 cm³/mol. The number of hydrogen-bond donors (Lipinski definition) is 0. The first-order valence-corrected chi connectivity index (χ1v) is 17.4. The first-order chi connectivity index (χ1) is 24.3. The second kappa shape index (κ2) is 11.2. The topological polar surface area (TPSA) is 16.4 Å². The van der Waals surface area contributed by atoms with Gasteiger partial charge in [-0.1, -0.05) is 121 Å². The van der Waals surface area contributed by atoms with E-state index >= 15 is 0 Å². The van der Waals surface area contributed by atoms with Crippen molar-refractivity contribution >= 4 is 81.3 Å². The summed E-state index contributed by atoms with van der Waals surface area (Å²) in [5.74, 6) is 0. The number of furan rings is 1. The average molecular weight is 644 g/mol. The van der Waals surface area contributed by atoms with E-state index in [9.17, 15) is 0 Å². The van der Waals surface area contributed by atoms with Crippen LogP contribution in [0.15, 0.2) is 180 Å². The molecule has 2 heterocycles. The van der Waals surface area contributed by atoms with Crippen molar-refractivity contribution in [2.75, 3.05) is 4.90 Å². The van der Waals surface area contributed by atoms with Gasteiger partial charge in [0.25, 0.3) is 0 Å². The summed E-state index contributed by atoms with van der Waals surface area (Å²) >= 11 is 1.87. The maximum Gasteiger partial charge on any atom is 0.136 e. The molecule has 230 valence electrons. The molecule has 0 unspecified atom stereocenters. The molecule has 0 bridgehead atoms. The number of nitrogens with zero attached hydrogens (tertiary/aromatic N) is 1. The molecule has 0 fully saturated rings. The molecule has 0 amide bonds. The Hall–Kier alpha value is -6.16. The summed E-state index contributed by atoms with van der Waals surface area (Å²) in [6, 6.07) is 63.2. The minimum absolute atomic E-state index is 0.915. The van der Waals surface area contributed by atoms with Gasteiger partial charge in [-0.3, -0.25) is 0 Å². The van der Waals surface area contributed by atoms with Crippen LogP contribution in [0.25, 0.3) is 75.1 Å². The maximum atomic E-state index is 6.21. The summed E-state index contributed by atoms with van der Waals surface area (Å²) in [7, 11) is 0. The van der Waals surface area contributed by atoms with Gasteiger partial charge < -0.3 is 9.32 Å². The van der Waals surface area contributed by atoms with E-state index in [0.29, 0.717) is 0 Å². The van der Waals surface area contributed by atoms with Gasteiger partial charge in [-0.15, -0.1) is 11.3 Å². The van der Waals surface area contributed by atoms with Gasteiger partial charge >= 0.3 is 0 Å². The van der Waals surface area contributed by atoms with Gasteiger partial charge in [-0.05, 0) is 87.6 Å². The quantitative estimate of drug-likeness (QED) is 0.186. The number of hydrogen-bond acceptors (Lipinski definition) is 3. The molecule has 0 saturated heterocycles. The van der Waals surface area contributed by atoms with E-state index < -0.39 is 0 Å². The highest BCUT2D eigenvalue weighted by Crippen LogP contribution is 2.43. The van der Waals surface area contributed by atoms with E-state index in [1.807, 2.05) is 23.5 Å². The number of benzene rings is 8. The fourth-order valence-electron chi connectivity index (χ4n) is 7.35. The lowest BCUT2D eigenvalue weighted by molar-refractivity contribution is 0.669. The Labute approximate surface area is 287 Å². The van der Waals surface area contributed by atoms with E-state index in [0.717, 1.165) is 39.0 Å². The van der Waals surface area contributed by atoms with E-state index in [-0.39, 0.29) is 0 Å². The van der Waals surface area contributed by atoms with Crippen LogP contribution in [0.5, 0.6) is 0 Å². The molecule has 2 nitrogen and oxygen atoms in total. The van der Waals surface area contributed by atoms with Crippen molar-refractivity contribution in [3.63, 3.8) is 0 Å².